The largest absolute Gasteiger partial charge is 0.481 e. The zero-order chi connectivity index (χ0) is 14.7. The number of aryl methyl sites for hydroxylation is 1. The molecule has 1 aromatic carbocycles. The Morgan fingerprint density at radius 3 is 2.85 bits per heavy atom. The molecule has 0 saturated carbocycles. The Morgan fingerprint density at radius 1 is 1.50 bits per heavy atom. The van der Waals surface area contributed by atoms with E-state index in [-0.39, 0.29) is 12.5 Å². The molecular weight excluding hydrogens is 324 g/mol. The number of carbonyl (C=O) groups is 1. The van der Waals surface area contributed by atoms with Crippen LogP contribution in [0.25, 0.3) is 11.4 Å². The minimum atomic E-state index is -0.858. The van der Waals surface area contributed by atoms with Gasteiger partial charge in [0.2, 0.25) is 0 Å². The van der Waals surface area contributed by atoms with Gasteiger partial charge in [-0.05, 0) is 35.4 Å². The van der Waals surface area contributed by atoms with Crippen molar-refractivity contribution in [2.45, 2.75) is 32.7 Å². The Bertz CT molecular complexity index is 627. The molecule has 0 fully saturated rings. The number of carboxylic acids is 1. The fraction of sp³-hybridized carbons (Fsp3) is 0.385. The van der Waals surface area contributed by atoms with Crippen LogP contribution in [0.1, 0.15) is 31.4 Å². The van der Waals surface area contributed by atoms with Gasteiger partial charge in [-0.25, -0.2) is 4.68 Å². The van der Waals surface area contributed by atoms with Crippen LogP contribution < -0.4 is 0 Å². The van der Waals surface area contributed by atoms with E-state index < -0.39 is 5.97 Å². The van der Waals surface area contributed by atoms with Crippen molar-refractivity contribution >= 4 is 21.9 Å². The van der Waals surface area contributed by atoms with Crippen LogP contribution in [0.4, 0.5) is 0 Å². The summed E-state index contributed by atoms with van der Waals surface area (Å²) in [5, 5.41) is 20.6. The normalized spacial score (nSPS) is 12.3. The fourth-order valence-electron chi connectivity index (χ4n) is 1.97. The number of rotatable bonds is 5. The first kappa shape index (κ1) is 14.6. The van der Waals surface area contributed by atoms with Gasteiger partial charge in [-0.1, -0.05) is 35.0 Å². The maximum atomic E-state index is 10.9. The van der Waals surface area contributed by atoms with Crippen LogP contribution >= 0.6 is 15.9 Å². The molecule has 0 amide bonds. The van der Waals surface area contributed by atoms with Crippen LogP contribution in [0.15, 0.2) is 22.7 Å². The molecule has 1 unspecified atom stereocenters. The molecule has 0 aliphatic rings. The Morgan fingerprint density at radius 2 is 2.25 bits per heavy atom. The van der Waals surface area contributed by atoms with Gasteiger partial charge in [-0.15, -0.1) is 5.10 Å². The fourth-order valence-corrected chi connectivity index (χ4v) is 2.35. The zero-order valence-corrected chi connectivity index (χ0v) is 12.8. The van der Waals surface area contributed by atoms with Crippen molar-refractivity contribution in [2.75, 3.05) is 0 Å². The van der Waals surface area contributed by atoms with Crippen molar-refractivity contribution < 1.29 is 9.90 Å². The number of aromatic nitrogens is 4. The van der Waals surface area contributed by atoms with Crippen molar-refractivity contribution in [3.63, 3.8) is 0 Å². The first-order valence-corrected chi connectivity index (χ1v) is 7.08. The predicted octanol–water partition coefficient (Wildman–Crippen LogP) is 2.84. The smallest absolute Gasteiger partial charge is 0.305 e. The number of carboxylic acid groups (broad SMARTS) is 1. The topological polar surface area (TPSA) is 80.9 Å². The Kier molecular flexibility index (Phi) is 4.49. The second-order valence-corrected chi connectivity index (χ2v) is 5.43. The molecule has 2 rings (SSSR count). The molecule has 20 heavy (non-hydrogen) atoms. The van der Waals surface area contributed by atoms with Gasteiger partial charge in [0.1, 0.15) is 0 Å². The van der Waals surface area contributed by atoms with E-state index in [1.54, 1.807) is 4.68 Å². The van der Waals surface area contributed by atoms with Gasteiger partial charge in [0.25, 0.3) is 0 Å². The summed E-state index contributed by atoms with van der Waals surface area (Å²) in [5.41, 5.74) is 1.97. The summed E-state index contributed by atoms with van der Waals surface area (Å²) >= 11 is 3.48. The lowest BCUT2D eigenvalue weighted by molar-refractivity contribution is -0.138. The van der Waals surface area contributed by atoms with Crippen molar-refractivity contribution in [1.82, 2.24) is 20.2 Å². The van der Waals surface area contributed by atoms with Crippen molar-refractivity contribution in [3.05, 3.63) is 28.2 Å². The minimum Gasteiger partial charge on any atom is -0.481 e. The zero-order valence-electron chi connectivity index (χ0n) is 11.2. The lowest BCUT2D eigenvalue weighted by atomic mass is 10.1. The molecule has 6 nitrogen and oxygen atoms in total. The Hall–Kier alpha value is -1.76. The van der Waals surface area contributed by atoms with Gasteiger partial charge in [0, 0.05) is 10.0 Å². The van der Waals surface area contributed by atoms with Gasteiger partial charge in [0.05, 0.1) is 12.5 Å². The molecule has 106 valence electrons. The number of halogens is 1. The van der Waals surface area contributed by atoms with Crippen LogP contribution in [-0.2, 0) is 4.79 Å². The molecule has 7 heteroatoms. The number of aliphatic carboxylic acids is 1. The van der Waals surface area contributed by atoms with E-state index >= 15 is 0 Å². The van der Waals surface area contributed by atoms with E-state index in [0.29, 0.717) is 12.2 Å². The van der Waals surface area contributed by atoms with Crippen molar-refractivity contribution in [3.8, 4) is 11.4 Å². The summed E-state index contributed by atoms with van der Waals surface area (Å²) in [4.78, 5) is 10.9. The molecule has 1 heterocycles. The molecular formula is C13H15BrN4O2. The van der Waals surface area contributed by atoms with E-state index in [4.69, 9.17) is 5.11 Å². The molecule has 0 aliphatic heterocycles. The average Bonchev–Trinajstić information content (AvgIpc) is 2.88. The van der Waals surface area contributed by atoms with E-state index in [2.05, 4.69) is 31.5 Å². The molecule has 0 saturated heterocycles. The lowest BCUT2D eigenvalue weighted by Gasteiger charge is -2.14. The van der Waals surface area contributed by atoms with Crippen LogP contribution in [-0.4, -0.2) is 31.3 Å². The maximum Gasteiger partial charge on any atom is 0.305 e. The summed E-state index contributed by atoms with van der Waals surface area (Å²) in [7, 11) is 0. The van der Waals surface area contributed by atoms with Crippen molar-refractivity contribution in [2.24, 2.45) is 0 Å². The highest BCUT2D eigenvalue weighted by Crippen LogP contribution is 2.26. The SMILES string of the molecule is CCC(CC(=O)O)n1nnnc1-c1ccc(C)c(Br)c1. The monoisotopic (exact) mass is 338 g/mol. The molecule has 0 spiro atoms. The second kappa shape index (κ2) is 6.13. The van der Waals surface area contributed by atoms with Crippen molar-refractivity contribution in [1.29, 1.82) is 0 Å². The summed E-state index contributed by atoms with van der Waals surface area (Å²) in [6.45, 7) is 3.92. The van der Waals surface area contributed by atoms with E-state index in [9.17, 15) is 4.79 Å². The second-order valence-electron chi connectivity index (χ2n) is 4.57. The van der Waals surface area contributed by atoms with Gasteiger partial charge in [-0.2, -0.15) is 0 Å². The molecule has 0 radical (unpaired) electrons. The van der Waals surface area contributed by atoms with Gasteiger partial charge in [0.15, 0.2) is 5.82 Å². The Labute approximate surface area is 124 Å². The average molecular weight is 339 g/mol. The predicted molar refractivity (Wildman–Crippen MR) is 77.3 cm³/mol. The van der Waals surface area contributed by atoms with Crippen LogP contribution in [0, 0.1) is 6.92 Å². The van der Waals surface area contributed by atoms with Gasteiger partial charge in [-0.3, -0.25) is 4.79 Å². The minimum absolute atomic E-state index is 0.00156. The number of hydrogen-bond donors (Lipinski definition) is 1. The lowest BCUT2D eigenvalue weighted by Crippen LogP contribution is -2.15. The van der Waals surface area contributed by atoms with Gasteiger partial charge < -0.3 is 5.11 Å². The number of benzene rings is 1. The first-order valence-electron chi connectivity index (χ1n) is 6.29. The van der Waals surface area contributed by atoms with Crippen LogP contribution in [0.5, 0.6) is 0 Å². The highest BCUT2D eigenvalue weighted by Gasteiger charge is 2.20. The van der Waals surface area contributed by atoms with E-state index in [1.165, 1.54) is 0 Å². The van der Waals surface area contributed by atoms with E-state index in [0.717, 1.165) is 15.6 Å². The number of tetrazole rings is 1. The number of hydrogen-bond acceptors (Lipinski definition) is 4. The molecule has 0 bridgehead atoms. The summed E-state index contributed by atoms with van der Waals surface area (Å²) in [6.07, 6.45) is 0.652. The first-order chi connectivity index (χ1) is 9.52. The third-order valence-corrected chi connectivity index (χ3v) is 4.00. The number of nitrogens with zero attached hydrogens (tertiary/aromatic N) is 4. The van der Waals surface area contributed by atoms with E-state index in [1.807, 2.05) is 32.0 Å². The highest BCUT2D eigenvalue weighted by atomic mass is 79.9. The third-order valence-electron chi connectivity index (χ3n) is 3.15. The highest BCUT2D eigenvalue weighted by molar-refractivity contribution is 9.10. The summed E-state index contributed by atoms with van der Waals surface area (Å²) in [6, 6.07) is 5.58. The molecule has 1 aromatic heterocycles. The molecule has 1 N–H and O–H groups in total. The molecule has 1 atom stereocenters. The summed E-state index contributed by atoms with van der Waals surface area (Å²) in [5.74, 6) is -0.276. The van der Waals surface area contributed by atoms with Crippen LogP contribution in [0.3, 0.4) is 0 Å². The standard InChI is InChI=1S/C13H15BrN4O2/c1-3-10(7-12(19)20)18-13(15-16-17-18)9-5-4-8(2)11(14)6-9/h4-6,10H,3,7H2,1-2H3,(H,19,20). The van der Waals surface area contributed by atoms with Crippen LogP contribution in [0.2, 0.25) is 0 Å². The Balaban J connectivity index is 2.40. The van der Waals surface area contributed by atoms with Gasteiger partial charge >= 0.3 is 5.97 Å². The molecule has 0 aliphatic carbocycles. The maximum absolute atomic E-state index is 10.9. The summed E-state index contributed by atoms with van der Waals surface area (Å²) < 4.78 is 2.56. The quantitative estimate of drug-likeness (QED) is 0.906. The molecule has 2 aromatic rings. The third kappa shape index (κ3) is 3.04.